The maximum atomic E-state index is 15.3. The predicted molar refractivity (Wildman–Crippen MR) is 171 cm³/mol. The zero-order valence-corrected chi connectivity index (χ0v) is 27.7. The van der Waals surface area contributed by atoms with Crippen LogP contribution in [0.3, 0.4) is 0 Å². The Morgan fingerprint density at radius 1 is 0.846 bits per heavy atom. The summed E-state index contributed by atoms with van der Waals surface area (Å²) in [6.07, 6.45) is 0.666. The molecular formula is C35H23Cl2F5N2O8. The zero-order valence-electron chi connectivity index (χ0n) is 26.2. The van der Waals surface area contributed by atoms with E-state index in [0.717, 1.165) is 11.0 Å². The van der Waals surface area contributed by atoms with Crippen LogP contribution < -0.4 is 14.5 Å². The van der Waals surface area contributed by atoms with Crippen LogP contribution in [0.15, 0.2) is 60.2 Å². The number of carboxylic acid groups (broad SMARTS) is 1. The number of aliphatic hydroxyl groups excluding tert-OH is 1. The van der Waals surface area contributed by atoms with E-state index in [0.29, 0.717) is 0 Å². The van der Waals surface area contributed by atoms with Gasteiger partial charge in [0.2, 0.25) is 17.6 Å². The summed E-state index contributed by atoms with van der Waals surface area (Å²) in [5.41, 5.74) is -1.95. The van der Waals surface area contributed by atoms with E-state index in [2.05, 4.69) is 0 Å². The van der Waals surface area contributed by atoms with Crippen LogP contribution in [0.2, 0.25) is 0 Å². The van der Waals surface area contributed by atoms with Crippen molar-refractivity contribution in [1.82, 2.24) is 0 Å². The Hall–Kier alpha value is -4.86. The molecule has 2 aliphatic heterocycles. The Balaban J connectivity index is 1.43. The largest absolute Gasteiger partial charge is 0.491 e. The monoisotopic (exact) mass is 764 g/mol. The van der Waals surface area contributed by atoms with Gasteiger partial charge in [0.15, 0.2) is 33.0 Å². The van der Waals surface area contributed by atoms with Gasteiger partial charge in [-0.05, 0) is 43.0 Å². The highest BCUT2D eigenvalue weighted by molar-refractivity contribution is 6.58. The van der Waals surface area contributed by atoms with E-state index in [1.54, 1.807) is 0 Å². The third-order valence-electron chi connectivity index (χ3n) is 10.2. The lowest BCUT2D eigenvalue weighted by atomic mass is 9.56. The number of allylic oxidation sites excluding steroid dienone is 2. The summed E-state index contributed by atoms with van der Waals surface area (Å²) < 4.78 is 79.2. The molecule has 0 spiro atoms. The highest BCUT2D eigenvalue weighted by Crippen LogP contribution is 2.66. The van der Waals surface area contributed by atoms with Crippen molar-refractivity contribution < 1.29 is 60.9 Å². The Kier molecular flexibility index (Phi) is 8.46. The molecule has 7 rings (SSSR count). The number of imide groups is 2. The van der Waals surface area contributed by atoms with Crippen LogP contribution in [0.5, 0.6) is 5.75 Å². The molecule has 6 atom stereocenters. The van der Waals surface area contributed by atoms with E-state index >= 15 is 8.78 Å². The van der Waals surface area contributed by atoms with E-state index in [9.17, 15) is 47.4 Å². The minimum Gasteiger partial charge on any atom is -0.491 e. The van der Waals surface area contributed by atoms with Gasteiger partial charge in [0, 0.05) is 11.5 Å². The van der Waals surface area contributed by atoms with E-state index in [1.165, 1.54) is 48.5 Å². The first-order chi connectivity index (χ1) is 24.6. The quantitative estimate of drug-likeness (QED) is 0.0834. The molecule has 0 aromatic heterocycles. The molecular weight excluding hydrogens is 742 g/mol. The average Bonchev–Trinajstić information content (AvgIpc) is 3.47. The van der Waals surface area contributed by atoms with Crippen LogP contribution in [-0.2, 0) is 19.2 Å². The van der Waals surface area contributed by atoms with Gasteiger partial charge in [0.25, 0.3) is 11.8 Å². The molecule has 17 heteroatoms. The molecule has 4 amide bonds. The van der Waals surface area contributed by atoms with Gasteiger partial charge in [-0.3, -0.25) is 24.1 Å². The van der Waals surface area contributed by atoms with Crippen molar-refractivity contribution in [3.8, 4) is 5.75 Å². The van der Waals surface area contributed by atoms with Gasteiger partial charge in [-0.2, -0.15) is 0 Å². The molecule has 2 N–H and O–H groups in total. The highest BCUT2D eigenvalue weighted by Gasteiger charge is 2.77. The van der Waals surface area contributed by atoms with Crippen LogP contribution in [0.4, 0.5) is 33.3 Å². The zero-order chi connectivity index (χ0) is 37.6. The molecule has 2 aliphatic carbocycles. The second-order valence-electron chi connectivity index (χ2n) is 12.7. The Bertz CT molecular complexity index is 2140. The van der Waals surface area contributed by atoms with Gasteiger partial charge in [0.1, 0.15) is 18.0 Å². The highest BCUT2D eigenvalue weighted by atomic mass is 35.5. The maximum absolute atomic E-state index is 15.3. The third kappa shape index (κ3) is 4.68. The van der Waals surface area contributed by atoms with E-state index in [1.807, 2.05) is 0 Å². The summed E-state index contributed by atoms with van der Waals surface area (Å²) >= 11 is 14.3. The van der Waals surface area contributed by atoms with E-state index in [4.69, 9.17) is 27.9 Å². The Morgan fingerprint density at radius 3 is 2.15 bits per heavy atom. The van der Waals surface area contributed by atoms with Gasteiger partial charge in [-0.1, -0.05) is 35.9 Å². The van der Waals surface area contributed by atoms with E-state index < -0.39 is 111 Å². The van der Waals surface area contributed by atoms with Crippen molar-refractivity contribution in [2.75, 3.05) is 23.0 Å². The van der Waals surface area contributed by atoms with Crippen LogP contribution in [0, 0.1) is 46.8 Å². The molecule has 10 nitrogen and oxygen atoms in total. The lowest BCUT2D eigenvalue weighted by molar-refractivity contribution is -0.125. The van der Waals surface area contributed by atoms with Crippen molar-refractivity contribution in [3.63, 3.8) is 0 Å². The fourth-order valence-corrected chi connectivity index (χ4v) is 8.88. The van der Waals surface area contributed by atoms with Crippen LogP contribution in [-0.4, -0.2) is 62.8 Å². The minimum absolute atomic E-state index is 0.000123. The van der Waals surface area contributed by atoms with Crippen molar-refractivity contribution in [1.29, 1.82) is 0 Å². The molecule has 0 bridgehead atoms. The summed E-state index contributed by atoms with van der Waals surface area (Å²) in [4.78, 5) is 63.6. The first-order valence-electron chi connectivity index (χ1n) is 15.6. The van der Waals surface area contributed by atoms with Crippen molar-refractivity contribution in [2.45, 2.75) is 28.5 Å². The lowest BCUT2D eigenvalue weighted by Crippen LogP contribution is -2.60. The number of para-hydroxylation sites is 1. The number of amides is 4. The van der Waals surface area contributed by atoms with Crippen molar-refractivity contribution >= 4 is 64.2 Å². The smallest absolute Gasteiger partial charge is 0.335 e. The predicted octanol–water partition coefficient (Wildman–Crippen LogP) is 5.22. The first kappa shape index (κ1) is 35.5. The number of anilines is 2. The molecule has 3 aromatic rings. The second kappa shape index (κ2) is 12.4. The molecule has 0 unspecified atom stereocenters. The van der Waals surface area contributed by atoms with Crippen LogP contribution >= 0.6 is 23.2 Å². The number of nitrogens with zero attached hydrogens (tertiary/aromatic N) is 2. The standard InChI is InChI=1S/C35H23Cl2F5N2O8/c36-34-13-19-16(8-9-18-21(19)30(47)43(29(18)46)15-5-3-4-14(12-15)31(48)49)22(17-6-1-2-7-20(17)52-11-10-45)35(34,37)33(51)44(32(34)50)28-26(41)24(39)23(38)25(40)27(28)42/h1-8,12,18-19,21-22,45H,9-11,13H2,(H,48,49)/t18-,19+,21-,22+,34+,35-/m0/s1. The first-order valence-corrected chi connectivity index (χ1v) is 16.4. The fraction of sp³-hybridized carbons (Fsp3) is 0.286. The summed E-state index contributed by atoms with van der Waals surface area (Å²) in [6.45, 7) is -0.750. The number of halogens is 7. The number of carbonyl (C=O) groups is 5. The number of hydrogen-bond acceptors (Lipinski definition) is 7. The number of hydrogen-bond donors (Lipinski definition) is 2. The number of aliphatic hydroxyl groups is 1. The number of fused-ring (bicyclic) bond motifs is 4. The molecule has 2 saturated heterocycles. The van der Waals surface area contributed by atoms with E-state index in [-0.39, 0.29) is 46.1 Å². The Labute approximate surface area is 300 Å². The van der Waals surface area contributed by atoms with Crippen LogP contribution in [0.25, 0.3) is 0 Å². The minimum atomic E-state index is -2.76. The SMILES string of the molecule is O=C(O)c1cccc(N2C(=O)[C@H]3[C@H](CC=C4[C@H]3C[C@@]3(Cl)C(=O)N(c5c(F)c(F)c(F)c(F)c5F)C(=O)[C@@]3(Cl)[C@H]4c3ccccc3OCCO)C2=O)c1. The molecule has 4 aliphatic rings. The number of carbonyl (C=O) groups excluding carboxylic acids is 4. The normalized spacial score (nSPS) is 28.1. The number of carboxylic acids is 1. The summed E-state index contributed by atoms with van der Waals surface area (Å²) in [5.74, 6) is -23.8. The Morgan fingerprint density at radius 2 is 1.50 bits per heavy atom. The van der Waals surface area contributed by atoms with Gasteiger partial charge >= 0.3 is 5.97 Å². The van der Waals surface area contributed by atoms with Gasteiger partial charge in [0.05, 0.1) is 29.7 Å². The number of aromatic carboxylic acids is 1. The molecule has 52 heavy (non-hydrogen) atoms. The average molecular weight is 765 g/mol. The second-order valence-corrected chi connectivity index (χ2v) is 13.9. The number of alkyl halides is 2. The van der Waals surface area contributed by atoms with Gasteiger partial charge < -0.3 is 14.9 Å². The lowest BCUT2D eigenvalue weighted by Gasteiger charge is -2.50. The fourth-order valence-electron chi connectivity index (χ4n) is 7.95. The number of ether oxygens (including phenoxy) is 1. The molecule has 270 valence electrons. The third-order valence-corrected chi connectivity index (χ3v) is 11.6. The van der Waals surface area contributed by atoms with Gasteiger partial charge in [-0.25, -0.2) is 31.6 Å². The van der Waals surface area contributed by atoms with Gasteiger partial charge in [-0.15, -0.1) is 23.2 Å². The molecule has 2 heterocycles. The molecule has 0 radical (unpaired) electrons. The molecule has 1 saturated carbocycles. The summed E-state index contributed by atoms with van der Waals surface area (Å²) in [6, 6.07) is 10.9. The summed E-state index contributed by atoms with van der Waals surface area (Å²) in [7, 11) is 0. The molecule has 3 fully saturated rings. The number of rotatable bonds is 7. The van der Waals surface area contributed by atoms with Crippen molar-refractivity contribution in [2.24, 2.45) is 17.8 Å². The maximum Gasteiger partial charge on any atom is 0.335 e. The van der Waals surface area contributed by atoms with Crippen LogP contribution in [0.1, 0.15) is 34.7 Å². The molecule has 3 aromatic carbocycles. The summed E-state index contributed by atoms with van der Waals surface area (Å²) in [5, 5.41) is 19.0. The van der Waals surface area contributed by atoms with Crippen molar-refractivity contribution in [3.05, 3.63) is 100 Å². The topological polar surface area (TPSA) is 142 Å². The number of benzene rings is 3.